The van der Waals surface area contributed by atoms with Crippen LogP contribution in [-0.2, 0) is 30.3 Å². The minimum Gasteiger partial charge on any atom is -0.469 e. The molecule has 0 aliphatic heterocycles. The van der Waals surface area contributed by atoms with E-state index in [4.69, 9.17) is 4.74 Å². The van der Waals surface area contributed by atoms with E-state index >= 15 is 0 Å². The monoisotopic (exact) mass is 321 g/mol. The first-order valence-corrected chi connectivity index (χ1v) is 7.55. The van der Waals surface area contributed by atoms with Crippen LogP contribution in [0.5, 0.6) is 0 Å². The molecule has 6 heteroatoms. The Morgan fingerprint density at radius 3 is 2.39 bits per heavy atom. The number of esters is 2. The topological polar surface area (TPSA) is 81.7 Å². The molecular formula is C17H23NO5. The fraction of sp³-hybridized carbons (Fsp3) is 0.471. The lowest BCUT2D eigenvalue weighted by atomic mass is 10.0. The van der Waals surface area contributed by atoms with Gasteiger partial charge in [-0.2, -0.15) is 0 Å². The quantitative estimate of drug-likeness (QED) is 0.733. The van der Waals surface area contributed by atoms with Crippen LogP contribution in [0.2, 0.25) is 0 Å². The van der Waals surface area contributed by atoms with Gasteiger partial charge in [0.2, 0.25) is 5.91 Å². The maximum atomic E-state index is 12.2. The van der Waals surface area contributed by atoms with Crippen molar-refractivity contribution in [3.05, 3.63) is 35.9 Å². The molecule has 23 heavy (non-hydrogen) atoms. The van der Waals surface area contributed by atoms with Gasteiger partial charge in [0, 0.05) is 12.3 Å². The molecule has 0 aliphatic carbocycles. The molecule has 2 atom stereocenters. The van der Waals surface area contributed by atoms with Gasteiger partial charge in [-0.15, -0.1) is 0 Å². The molecule has 1 N–H and O–H groups in total. The van der Waals surface area contributed by atoms with Crippen LogP contribution < -0.4 is 5.32 Å². The molecule has 1 aromatic carbocycles. The number of hydrogen-bond acceptors (Lipinski definition) is 5. The van der Waals surface area contributed by atoms with Crippen LogP contribution in [0.3, 0.4) is 0 Å². The fourth-order valence-corrected chi connectivity index (χ4v) is 2.03. The molecule has 1 aromatic rings. The maximum absolute atomic E-state index is 12.2. The average Bonchev–Trinajstić information content (AvgIpc) is 2.55. The zero-order valence-corrected chi connectivity index (χ0v) is 13.7. The summed E-state index contributed by atoms with van der Waals surface area (Å²) < 4.78 is 9.56. The molecule has 6 nitrogen and oxygen atoms in total. The summed E-state index contributed by atoms with van der Waals surface area (Å²) in [5.74, 6) is -1.93. The average molecular weight is 321 g/mol. The molecule has 1 amide bonds. The van der Waals surface area contributed by atoms with Crippen molar-refractivity contribution in [1.82, 2.24) is 5.32 Å². The predicted molar refractivity (Wildman–Crippen MR) is 84.5 cm³/mol. The van der Waals surface area contributed by atoms with Crippen LogP contribution in [0, 0.1) is 5.92 Å². The summed E-state index contributed by atoms with van der Waals surface area (Å²) in [6.07, 6.45) is 0.291. The molecule has 0 aliphatic rings. The Morgan fingerprint density at radius 1 is 1.17 bits per heavy atom. The molecule has 0 fully saturated rings. The molecule has 0 radical (unpaired) electrons. The van der Waals surface area contributed by atoms with Crippen LogP contribution in [-0.4, -0.2) is 37.6 Å². The first kappa shape index (κ1) is 18.7. The van der Waals surface area contributed by atoms with Gasteiger partial charge >= 0.3 is 11.9 Å². The van der Waals surface area contributed by atoms with Crippen LogP contribution >= 0.6 is 0 Å². The third-order valence-electron chi connectivity index (χ3n) is 3.32. The highest BCUT2D eigenvalue weighted by Crippen LogP contribution is 2.08. The fourth-order valence-electron chi connectivity index (χ4n) is 2.03. The summed E-state index contributed by atoms with van der Waals surface area (Å²) in [5, 5.41) is 2.66. The molecule has 126 valence electrons. The molecule has 0 spiro atoms. The van der Waals surface area contributed by atoms with E-state index in [1.54, 1.807) is 13.8 Å². The highest BCUT2D eigenvalue weighted by Gasteiger charge is 2.26. The lowest BCUT2D eigenvalue weighted by Crippen LogP contribution is -2.45. The lowest BCUT2D eigenvalue weighted by Gasteiger charge is -2.19. The van der Waals surface area contributed by atoms with E-state index in [-0.39, 0.29) is 18.9 Å². The van der Waals surface area contributed by atoms with Crippen LogP contribution in [0.25, 0.3) is 0 Å². The Balaban J connectivity index is 2.74. The molecular weight excluding hydrogens is 298 g/mol. The van der Waals surface area contributed by atoms with Crippen molar-refractivity contribution < 1.29 is 23.9 Å². The smallest absolute Gasteiger partial charge is 0.328 e. The van der Waals surface area contributed by atoms with Gasteiger partial charge in [0.15, 0.2) is 0 Å². The number of ether oxygens (including phenoxy) is 2. The van der Waals surface area contributed by atoms with Crippen molar-refractivity contribution in [3.63, 3.8) is 0 Å². The summed E-state index contributed by atoms with van der Waals surface area (Å²) in [6, 6.07) is 8.55. The van der Waals surface area contributed by atoms with Crippen molar-refractivity contribution in [2.24, 2.45) is 5.92 Å². The number of amides is 1. The van der Waals surface area contributed by atoms with Gasteiger partial charge in [0.1, 0.15) is 6.04 Å². The lowest BCUT2D eigenvalue weighted by molar-refractivity contribution is -0.148. The highest BCUT2D eigenvalue weighted by molar-refractivity contribution is 5.88. The second-order valence-electron chi connectivity index (χ2n) is 5.18. The van der Waals surface area contributed by atoms with Crippen LogP contribution in [0.15, 0.2) is 30.3 Å². The second kappa shape index (κ2) is 9.61. The second-order valence-corrected chi connectivity index (χ2v) is 5.18. The maximum Gasteiger partial charge on any atom is 0.328 e. The summed E-state index contributed by atoms with van der Waals surface area (Å²) in [6.45, 7) is 3.55. The van der Waals surface area contributed by atoms with E-state index < -0.39 is 23.9 Å². The van der Waals surface area contributed by atoms with E-state index in [9.17, 15) is 14.4 Å². The third kappa shape index (κ3) is 6.50. The minimum absolute atomic E-state index is 0.0385. The standard InChI is InChI=1S/C17H23NO5/c1-4-23-17(21)14(11-13-8-6-5-7-9-13)18-16(20)12(2)10-15(19)22-3/h5-9,12,14H,4,10-11H2,1-3H3,(H,18,20)/t12?,14-/m0/s1. The highest BCUT2D eigenvalue weighted by atomic mass is 16.5. The van der Waals surface area contributed by atoms with Gasteiger partial charge in [-0.1, -0.05) is 37.3 Å². The summed E-state index contributed by atoms with van der Waals surface area (Å²) in [7, 11) is 1.27. The van der Waals surface area contributed by atoms with E-state index in [0.29, 0.717) is 6.42 Å². The SMILES string of the molecule is CCOC(=O)[C@H](Cc1ccccc1)NC(=O)C(C)CC(=O)OC. The number of carbonyl (C=O) groups excluding carboxylic acids is 3. The van der Waals surface area contributed by atoms with E-state index in [1.165, 1.54) is 7.11 Å². The van der Waals surface area contributed by atoms with Gasteiger partial charge < -0.3 is 14.8 Å². The molecule has 1 rings (SSSR count). The number of methoxy groups -OCH3 is 1. The van der Waals surface area contributed by atoms with Crippen molar-refractivity contribution in [2.75, 3.05) is 13.7 Å². The Bertz CT molecular complexity index is 529. The van der Waals surface area contributed by atoms with E-state index in [2.05, 4.69) is 10.1 Å². The van der Waals surface area contributed by atoms with E-state index in [1.807, 2.05) is 30.3 Å². The normalized spacial score (nSPS) is 12.8. The summed E-state index contributed by atoms with van der Waals surface area (Å²) in [4.78, 5) is 35.5. The molecule has 0 bridgehead atoms. The van der Waals surface area contributed by atoms with Crippen molar-refractivity contribution in [3.8, 4) is 0 Å². The first-order valence-electron chi connectivity index (χ1n) is 7.55. The number of nitrogens with one attached hydrogen (secondary N) is 1. The Morgan fingerprint density at radius 2 is 1.83 bits per heavy atom. The third-order valence-corrected chi connectivity index (χ3v) is 3.32. The largest absolute Gasteiger partial charge is 0.469 e. The first-order chi connectivity index (χ1) is 11.0. The Labute approximate surface area is 136 Å². The minimum atomic E-state index is -0.787. The summed E-state index contributed by atoms with van der Waals surface area (Å²) >= 11 is 0. The van der Waals surface area contributed by atoms with Crippen LogP contribution in [0.4, 0.5) is 0 Å². The van der Waals surface area contributed by atoms with Crippen molar-refractivity contribution in [1.29, 1.82) is 0 Å². The van der Waals surface area contributed by atoms with Gasteiger partial charge in [-0.3, -0.25) is 9.59 Å². The molecule has 1 unspecified atom stereocenters. The van der Waals surface area contributed by atoms with E-state index in [0.717, 1.165) is 5.56 Å². The van der Waals surface area contributed by atoms with Gasteiger partial charge in [-0.25, -0.2) is 4.79 Å². The Hall–Kier alpha value is -2.37. The predicted octanol–water partition coefficient (Wildman–Crippen LogP) is 1.48. The molecule has 0 saturated heterocycles. The number of hydrogen-bond donors (Lipinski definition) is 1. The van der Waals surface area contributed by atoms with Crippen molar-refractivity contribution >= 4 is 17.8 Å². The zero-order valence-electron chi connectivity index (χ0n) is 13.7. The number of carbonyl (C=O) groups is 3. The van der Waals surface area contributed by atoms with Crippen LogP contribution in [0.1, 0.15) is 25.8 Å². The molecule has 0 aromatic heterocycles. The van der Waals surface area contributed by atoms with Gasteiger partial charge in [0.25, 0.3) is 0 Å². The van der Waals surface area contributed by atoms with Gasteiger partial charge in [-0.05, 0) is 12.5 Å². The van der Waals surface area contributed by atoms with Crippen molar-refractivity contribution in [2.45, 2.75) is 32.7 Å². The Kier molecular flexibility index (Phi) is 7.80. The molecule has 0 heterocycles. The number of rotatable bonds is 8. The molecule has 0 saturated carbocycles. The number of benzene rings is 1. The zero-order chi connectivity index (χ0) is 17.2. The summed E-state index contributed by atoms with van der Waals surface area (Å²) in [5.41, 5.74) is 0.909. The van der Waals surface area contributed by atoms with Gasteiger partial charge in [0.05, 0.1) is 20.1 Å².